The van der Waals surface area contributed by atoms with E-state index in [-0.39, 0.29) is 12.5 Å². The smallest absolute Gasteiger partial charge is 0.244 e. The summed E-state index contributed by atoms with van der Waals surface area (Å²) in [7, 11) is 0. The van der Waals surface area contributed by atoms with Gasteiger partial charge in [0, 0.05) is 12.3 Å². The molecule has 6 heteroatoms. The molecule has 2 heterocycles. The van der Waals surface area contributed by atoms with Gasteiger partial charge < -0.3 is 14.8 Å². The van der Waals surface area contributed by atoms with Crippen molar-refractivity contribution in [2.24, 2.45) is 0 Å². The van der Waals surface area contributed by atoms with Gasteiger partial charge >= 0.3 is 0 Å². The minimum atomic E-state index is -0.863. The molecule has 2 aromatic heterocycles. The number of carbonyl (C=O) groups is 1. The Morgan fingerprint density at radius 3 is 3.10 bits per heavy atom. The number of furan rings is 1. The van der Waals surface area contributed by atoms with Gasteiger partial charge in [0.2, 0.25) is 5.91 Å². The number of aromatic nitrogens is 1. The molecular weight excluding hydrogens is 280 g/mol. The lowest BCUT2D eigenvalue weighted by Crippen LogP contribution is -2.26. The number of aliphatic hydroxyl groups excluding tert-OH is 1. The Morgan fingerprint density at radius 1 is 1.55 bits per heavy atom. The van der Waals surface area contributed by atoms with Crippen LogP contribution in [0.2, 0.25) is 5.15 Å². The number of hydrogen-bond donors (Lipinski definition) is 2. The van der Waals surface area contributed by atoms with Crippen LogP contribution >= 0.6 is 11.6 Å². The van der Waals surface area contributed by atoms with Gasteiger partial charge in [0.25, 0.3) is 0 Å². The van der Waals surface area contributed by atoms with Crippen molar-refractivity contribution in [3.63, 3.8) is 0 Å². The van der Waals surface area contributed by atoms with Crippen LogP contribution < -0.4 is 5.32 Å². The van der Waals surface area contributed by atoms with Crippen molar-refractivity contribution in [2.45, 2.75) is 6.10 Å². The Balaban J connectivity index is 1.83. The fourth-order valence-corrected chi connectivity index (χ4v) is 1.71. The molecule has 1 atom stereocenters. The van der Waals surface area contributed by atoms with Crippen molar-refractivity contribution in [1.82, 2.24) is 10.3 Å². The molecule has 0 fully saturated rings. The number of nitrogens with one attached hydrogen (secondary N) is 1. The molecule has 0 bridgehead atoms. The number of amides is 1. The standard InChI is InChI=1S/C14H13ClN2O3/c15-13-8-10(5-6-16-13)3-4-14(19)17-9-11(18)12-2-1-7-20-12/h1-8,11,18H,9H2,(H,17,19)/b4-3+. The monoisotopic (exact) mass is 292 g/mol. The van der Waals surface area contributed by atoms with Gasteiger partial charge in [0.15, 0.2) is 0 Å². The summed E-state index contributed by atoms with van der Waals surface area (Å²) in [5.74, 6) is 0.0961. The molecule has 1 unspecified atom stereocenters. The number of nitrogens with zero attached hydrogens (tertiary/aromatic N) is 1. The first-order valence-corrected chi connectivity index (χ1v) is 6.32. The van der Waals surface area contributed by atoms with Crippen LogP contribution in [0.1, 0.15) is 17.4 Å². The fourth-order valence-electron chi connectivity index (χ4n) is 1.53. The lowest BCUT2D eigenvalue weighted by molar-refractivity contribution is -0.116. The highest BCUT2D eigenvalue weighted by Gasteiger charge is 2.10. The van der Waals surface area contributed by atoms with Crippen LogP contribution in [0.3, 0.4) is 0 Å². The zero-order valence-corrected chi connectivity index (χ0v) is 11.2. The topological polar surface area (TPSA) is 75.4 Å². The van der Waals surface area contributed by atoms with Crippen LogP contribution in [-0.4, -0.2) is 22.5 Å². The first kappa shape index (κ1) is 14.3. The zero-order valence-electron chi connectivity index (χ0n) is 10.5. The Kier molecular flexibility index (Phi) is 4.92. The first-order chi connectivity index (χ1) is 9.65. The second-order valence-corrected chi connectivity index (χ2v) is 4.41. The van der Waals surface area contributed by atoms with Crippen molar-refractivity contribution in [2.75, 3.05) is 6.54 Å². The van der Waals surface area contributed by atoms with E-state index in [1.807, 2.05) is 0 Å². The molecular formula is C14H13ClN2O3. The van der Waals surface area contributed by atoms with E-state index in [0.29, 0.717) is 10.9 Å². The minimum Gasteiger partial charge on any atom is -0.467 e. The van der Waals surface area contributed by atoms with E-state index in [1.54, 1.807) is 36.5 Å². The van der Waals surface area contributed by atoms with Crippen LogP contribution in [0.25, 0.3) is 6.08 Å². The SMILES string of the molecule is O=C(/C=C/c1ccnc(Cl)c1)NCC(O)c1ccco1. The van der Waals surface area contributed by atoms with E-state index in [2.05, 4.69) is 10.3 Å². The minimum absolute atomic E-state index is 0.0772. The third-order valence-electron chi connectivity index (χ3n) is 2.52. The second-order valence-electron chi connectivity index (χ2n) is 4.02. The number of halogens is 1. The number of pyridine rings is 1. The van der Waals surface area contributed by atoms with Crippen LogP contribution in [-0.2, 0) is 4.79 Å². The molecule has 0 saturated heterocycles. The van der Waals surface area contributed by atoms with Crippen molar-refractivity contribution < 1.29 is 14.3 Å². The van der Waals surface area contributed by atoms with Gasteiger partial charge in [-0.05, 0) is 35.9 Å². The quantitative estimate of drug-likeness (QED) is 0.654. The Morgan fingerprint density at radius 2 is 2.40 bits per heavy atom. The highest BCUT2D eigenvalue weighted by atomic mass is 35.5. The molecule has 20 heavy (non-hydrogen) atoms. The lowest BCUT2D eigenvalue weighted by atomic mass is 10.2. The van der Waals surface area contributed by atoms with Crippen LogP contribution in [0.4, 0.5) is 0 Å². The van der Waals surface area contributed by atoms with Gasteiger partial charge in [-0.2, -0.15) is 0 Å². The summed E-state index contributed by atoms with van der Waals surface area (Å²) in [6, 6.07) is 6.69. The van der Waals surface area contributed by atoms with Gasteiger partial charge in [-0.3, -0.25) is 4.79 Å². The molecule has 1 amide bonds. The fraction of sp³-hybridized carbons (Fsp3) is 0.143. The van der Waals surface area contributed by atoms with Crippen molar-refractivity contribution in [3.8, 4) is 0 Å². The van der Waals surface area contributed by atoms with Gasteiger partial charge in [-0.1, -0.05) is 11.6 Å². The molecule has 0 aliphatic heterocycles. The zero-order chi connectivity index (χ0) is 14.4. The normalized spacial score (nSPS) is 12.5. The number of aliphatic hydroxyl groups is 1. The molecule has 2 N–H and O–H groups in total. The van der Waals surface area contributed by atoms with E-state index in [1.165, 1.54) is 12.3 Å². The summed E-state index contributed by atoms with van der Waals surface area (Å²) >= 11 is 5.73. The predicted molar refractivity (Wildman–Crippen MR) is 75.0 cm³/mol. The van der Waals surface area contributed by atoms with Crippen LogP contribution in [0, 0.1) is 0 Å². The summed E-state index contributed by atoms with van der Waals surface area (Å²) in [5, 5.41) is 12.7. The van der Waals surface area contributed by atoms with Crippen molar-refractivity contribution in [3.05, 3.63) is 59.3 Å². The van der Waals surface area contributed by atoms with E-state index in [9.17, 15) is 9.90 Å². The van der Waals surface area contributed by atoms with Gasteiger partial charge in [0.1, 0.15) is 17.0 Å². The van der Waals surface area contributed by atoms with Crippen molar-refractivity contribution >= 4 is 23.6 Å². The molecule has 0 aromatic carbocycles. The van der Waals surface area contributed by atoms with E-state index < -0.39 is 6.10 Å². The average molecular weight is 293 g/mol. The van der Waals surface area contributed by atoms with Gasteiger partial charge in [-0.25, -0.2) is 4.98 Å². The summed E-state index contributed by atoms with van der Waals surface area (Å²) in [6.07, 6.45) is 5.13. The maximum atomic E-state index is 11.6. The molecule has 104 valence electrons. The number of rotatable bonds is 5. The number of hydrogen-bond acceptors (Lipinski definition) is 4. The Hall–Kier alpha value is -2.11. The Labute approximate surface area is 120 Å². The summed E-state index contributed by atoms with van der Waals surface area (Å²) in [5.41, 5.74) is 0.770. The van der Waals surface area contributed by atoms with Crippen molar-refractivity contribution in [1.29, 1.82) is 0 Å². The molecule has 0 aliphatic carbocycles. The molecule has 2 rings (SSSR count). The second kappa shape index (κ2) is 6.88. The predicted octanol–water partition coefficient (Wildman–Crippen LogP) is 2.19. The first-order valence-electron chi connectivity index (χ1n) is 5.94. The highest BCUT2D eigenvalue weighted by Crippen LogP contribution is 2.11. The van der Waals surface area contributed by atoms with E-state index in [0.717, 1.165) is 5.56 Å². The maximum absolute atomic E-state index is 11.6. The van der Waals surface area contributed by atoms with E-state index in [4.69, 9.17) is 16.0 Å². The molecule has 5 nitrogen and oxygen atoms in total. The number of carbonyl (C=O) groups excluding carboxylic acids is 1. The molecule has 0 saturated carbocycles. The third kappa shape index (κ3) is 4.22. The molecule has 0 aliphatic rings. The highest BCUT2D eigenvalue weighted by molar-refractivity contribution is 6.29. The van der Waals surface area contributed by atoms with Crippen LogP contribution in [0.15, 0.2) is 47.2 Å². The lowest BCUT2D eigenvalue weighted by Gasteiger charge is -2.07. The molecule has 2 aromatic rings. The molecule has 0 spiro atoms. The Bertz CT molecular complexity index is 596. The summed E-state index contributed by atoms with van der Waals surface area (Å²) < 4.78 is 5.03. The summed E-state index contributed by atoms with van der Waals surface area (Å²) in [6.45, 7) is 0.0772. The maximum Gasteiger partial charge on any atom is 0.244 e. The largest absolute Gasteiger partial charge is 0.467 e. The molecule has 0 radical (unpaired) electrons. The van der Waals surface area contributed by atoms with E-state index >= 15 is 0 Å². The third-order valence-corrected chi connectivity index (χ3v) is 2.73. The van der Waals surface area contributed by atoms with Gasteiger partial charge in [-0.15, -0.1) is 0 Å². The van der Waals surface area contributed by atoms with Crippen LogP contribution in [0.5, 0.6) is 0 Å². The van der Waals surface area contributed by atoms with Gasteiger partial charge in [0.05, 0.1) is 12.8 Å². The summed E-state index contributed by atoms with van der Waals surface area (Å²) in [4.78, 5) is 15.4. The average Bonchev–Trinajstić information content (AvgIpc) is 2.97.